The topological polar surface area (TPSA) is 74.3 Å². The van der Waals surface area contributed by atoms with Gasteiger partial charge in [-0.3, -0.25) is 9.59 Å². The zero-order valence-corrected chi connectivity index (χ0v) is 39.0. The van der Waals surface area contributed by atoms with Crippen LogP contribution in [0.3, 0.4) is 0 Å². The highest BCUT2D eigenvalue weighted by Gasteiger charge is 2.40. The second-order valence-electron chi connectivity index (χ2n) is 17.9. The molecule has 7 nitrogen and oxygen atoms in total. The Morgan fingerprint density at radius 2 is 0.965 bits per heavy atom. The molecule has 0 radical (unpaired) electrons. The van der Waals surface area contributed by atoms with Gasteiger partial charge in [-0.1, -0.05) is 176 Å². The fourth-order valence-electron chi connectivity index (χ4n) is 8.48. The summed E-state index contributed by atoms with van der Waals surface area (Å²) in [6.07, 6.45) is 37.5. The lowest BCUT2D eigenvalue weighted by molar-refractivity contribution is -0.180. The molecule has 1 saturated heterocycles. The lowest BCUT2D eigenvalue weighted by Crippen LogP contribution is -2.32. The standard InChI is InChI=1S/C50H97NO6/c1-7-12-22-30-45(31-23-13-8-2)37-42-54-48(52)34-26-18-16-20-28-39-50(56-44-47(57-50)36-41-51(6)11-5)40-29-21-17-19-27-35-49(53)55-43-38-46(32-24-14-9-3)33-25-15-10-4/h45-47H,7-44H2,1-6H3. The summed E-state index contributed by atoms with van der Waals surface area (Å²) in [4.78, 5) is 27.3. The van der Waals surface area contributed by atoms with Crippen LogP contribution in [0.25, 0.3) is 0 Å². The number of nitrogens with zero attached hydrogens (tertiary/aromatic N) is 1. The van der Waals surface area contributed by atoms with Crippen molar-refractivity contribution >= 4 is 11.9 Å². The lowest BCUT2D eigenvalue weighted by atomic mass is 9.92. The van der Waals surface area contributed by atoms with E-state index < -0.39 is 5.79 Å². The molecule has 1 aliphatic heterocycles. The number of carbonyl (C=O) groups is 2. The first-order valence-electron chi connectivity index (χ1n) is 25.1. The van der Waals surface area contributed by atoms with E-state index in [9.17, 15) is 9.59 Å². The molecule has 1 fully saturated rings. The molecular formula is C50H97NO6. The number of unbranched alkanes of at least 4 members (excludes halogenated alkanes) is 16. The Bertz CT molecular complexity index is 837. The van der Waals surface area contributed by atoms with E-state index in [1.165, 1.54) is 103 Å². The normalized spacial score (nSPS) is 15.4. The Labute approximate surface area is 354 Å². The summed E-state index contributed by atoms with van der Waals surface area (Å²) in [7, 11) is 2.17. The average molecular weight is 808 g/mol. The number of hydrogen-bond acceptors (Lipinski definition) is 7. The first-order valence-corrected chi connectivity index (χ1v) is 25.1. The molecule has 0 N–H and O–H groups in total. The van der Waals surface area contributed by atoms with Crippen LogP contribution in [0.2, 0.25) is 0 Å². The van der Waals surface area contributed by atoms with E-state index in [2.05, 4.69) is 46.6 Å². The monoisotopic (exact) mass is 808 g/mol. The molecule has 0 aromatic carbocycles. The molecule has 0 aromatic rings. The molecule has 0 spiro atoms. The molecule has 1 unspecified atom stereocenters. The highest BCUT2D eigenvalue weighted by atomic mass is 16.7. The van der Waals surface area contributed by atoms with Crippen molar-refractivity contribution in [1.29, 1.82) is 0 Å². The van der Waals surface area contributed by atoms with Gasteiger partial charge in [-0.15, -0.1) is 0 Å². The minimum Gasteiger partial charge on any atom is -0.466 e. The maximum absolute atomic E-state index is 12.5. The van der Waals surface area contributed by atoms with Crippen molar-refractivity contribution in [2.24, 2.45) is 11.8 Å². The number of hydrogen-bond donors (Lipinski definition) is 0. The number of carbonyl (C=O) groups excluding carboxylic acids is 2. The van der Waals surface area contributed by atoms with E-state index in [-0.39, 0.29) is 18.0 Å². The number of ether oxygens (including phenoxy) is 4. The van der Waals surface area contributed by atoms with Crippen LogP contribution in [0, 0.1) is 11.8 Å². The summed E-state index contributed by atoms with van der Waals surface area (Å²) in [5.74, 6) is 0.915. The van der Waals surface area contributed by atoms with Crippen molar-refractivity contribution in [1.82, 2.24) is 4.90 Å². The average Bonchev–Trinajstić information content (AvgIpc) is 3.61. The highest BCUT2D eigenvalue weighted by Crippen LogP contribution is 2.36. The Hall–Kier alpha value is -1.18. The van der Waals surface area contributed by atoms with Gasteiger partial charge in [-0.25, -0.2) is 0 Å². The van der Waals surface area contributed by atoms with Gasteiger partial charge in [0.1, 0.15) is 0 Å². The lowest BCUT2D eigenvalue weighted by Gasteiger charge is -2.29. The van der Waals surface area contributed by atoms with Gasteiger partial charge in [-0.2, -0.15) is 0 Å². The second-order valence-corrected chi connectivity index (χ2v) is 17.9. The number of rotatable bonds is 42. The van der Waals surface area contributed by atoms with Gasteiger partial charge >= 0.3 is 11.9 Å². The molecule has 0 amide bonds. The Balaban J connectivity index is 2.34. The molecule has 0 bridgehead atoms. The third-order valence-corrected chi connectivity index (χ3v) is 12.6. The zero-order valence-electron chi connectivity index (χ0n) is 39.0. The second kappa shape index (κ2) is 37.8. The van der Waals surface area contributed by atoms with Crippen LogP contribution in [0.15, 0.2) is 0 Å². The van der Waals surface area contributed by atoms with Gasteiger partial charge in [0.15, 0.2) is 5.79 Å². The first kappa shape index (κ1) is 53.8. The fraction of sp³-hybridized carbons (Fsp3) is 0.960. The van der Waals surface area contributed by atoms with Crippen molar-refractivity contribution in [3.8, 4) is 0 Å². The molecule has 1 aliphatic rings. The van der Waals surface area contributed by atoms with Crippen LogP contribution in [-0.2, 0) is 28.5 Å². The van der Waals surface area contributed by atoms with Crippen LogP contribution >= 0.6 is 0 Å². The molecule has 0 aliphatic carbocycles. The molecule has 1 heterocycles. The Morgan fingerprint density at radius 1 is 0.561 bits per heavy atom. The first-order chi connectivity index (χ1) is 27.8. The van der Waals surface area contributed by atoms with Crippen LogP contribution < -0.4 is 0 Å². The van der Waals surface area contributed by atoms with E-state index in [0.717, 1.165) is 109 Å². The van der Waals surface area contributed by atoms with Crippen molar-refractivity contribution < 1.29 is 28.5 Å². The van der Waals surface area contributed by atoms with Crippen molar-refractivity contribution in [2.75, 3.05) is 40.0 Å². The summed E-state index contributed by atoms with van der Waals surface area (Å²) < 4.78 is 24.6. The Morgan fingerprint density at radius 3 is 1.37 bits per heavy atom. The number of esters is 2. The third-order valence-electron chi connectivity index (χ3n) is 12.6. The largest absolute Gasteiger partial charge is 0.466 e. The van der Waals surface area contributed by atoms with Crippen LogP contribution in [0.4, 0.5) is 0 Å². The molecule has 1 atom stereocenters. The third kappa shape index (κ3) is 30.5. The fourth-order valence-corrected chi connectivity index (χ4v) is 8.48. The van der Waals surface area contributed by atoms with E-state index in [1.54, 1.807) is 0 Å². The zero-order chi connectivity index (χ0) is 41.7. The van der Waals surface area contributed by atoms with Crippen molar-refractivity contribution in [2.45, 2.75) is 258 Å². The van der Waals surface area contributed by atoms with Crippen molar-refractivity contribution in [3.63, 3.8) is 0 Å². The maximum Gasteiger partial charge on any atom is 0.305 e. The molecular weight excluding hydrogens is 711 g/mol. The molecule has 0 aromatic heterocycles. The summed E-state index contributed by atoms with van der Waals surface area (Å²) in [5, 5.41) is 0. The molecule has 1 rings (SSSR count). The van der Waals surface area contributed by atoms with E-state index >= 15 is 0 Å². The van der Waals surface area contributed by atoms with E-state index in [4.69, 9.17) is 18.9 Å². The smallest absolute Gasteiger partial charge is 0.305 e. The van der Waals surface area contributed by atoms with Crippen LogP contribution in [0.1, 0.15) is 247 Å². The van der Waals surface area contributed by atoms with Gasteiger partial charge in [0.05, 0.1) is 25.9 Å². The van der Waals surface area contributed by atoms with Gasteiger partial charge < -0.3 is 23.8 Å². The quantitative estimate of drug-likeness (QED) is 0.0449. The molecule has 0 saturated carbocycles. The molecule has 57 heavy (non-hydrogen) atoms. The highest BCUT2D eigenvalue weighted by molar-refractivity contribution is 5.69. The van der Waals surface area contributed by atoms with E-state index in [1.807, 2.05) is 0 Å². The van der Waals surface area contributed by atoms with Gasteiger partial charge in [0, 0.05) is 32.2 Å². The minimum atomic E-state index is -0.459. The minimum absolute atomic E-state index is 0.0167. The predicted molar refractivity (Wildman–Crippen MR) is 241 cm³/mol. The maximum atomic E-state index is 12.5. The van der Waals surface area contributed by atoms with Crippen LogP contribution in [-0.4, -0.2) is 68.7 Å². The van der Waals surface area contributed by atoms with E-state index in [0.29, 0.717) is 44.5 Å². The summed E-state index contributed by atoms with van der Waals surface area (Å²) in [6.45, 7) is 15.2. The van der Waals surface area contributed by atoms with Gasteiger partial charge in [0.25, 0.3) is 0 Å². The predicted octanol–water partition coefficient (Wildman–Crippen LogP) is 14.3. The summed E-state index contributed by atoms with van der Waals surface area (Å²) in [5.41, 5.74) is 0. The van der Waals surface area contributed by atoms with Gasteiger partial charge in [0.2, 0.25) is 0 Å². The van der Waals surface area contributed by atoms with Crippen LogP contribution in [0.5, 0.6) is 0 Å². The Kier molecular flexibility index (Phi) is 35.7. The van der Waals surface area contributed by atoms with Crippen molar-refractivity contribution in [3.05, 3.63) is 0 Å². The summed E-state index contributed by atoms with van der Waals surface area (Å²) >= 11 is 0. The van der Waals surface area contributed by atoms with Gasteiger partial charge in [-0.05, 0) is 70.4 Å². The SMILES string of the molecule is CCCCCC(CCCCC)CCOC(=O)CCCCCCCC1(CCCCCCCC(=O)OCCC(CCCCC)CCCCC)OCC(CCN(C)CC)O1. The summed E-state index contributed by atoms with van der Waals surface area (Å²) in [6, 6.07) is 0. The molecule has 7 heteroatoms. The molecule has 338 valence electrons.